The Labute approximate surface area is 139 Å². The van der Waals surface area contributed by atoms with Gasteiger partial charge in [0.2, 0.25) is 5.88 Å². The van der Waals surface area contributed by atoms with Gasteiger partial charge in [0.15, 0.2) is 0 Å². The Morgan fingerprint density at radius 2 is 2.30 bits per heavy atom. The standard InChI is InChI=1S/C15H20ClN5O2/c1-4-15(2,9-23-14-11(16)6-5-7-18-14)20-13(22)10-8-19-21(3)12(10)17/h5-8H,4,9,17H2,1-3H3,(H,20,22). The SMILES string of the molecule is CCC(C)(COc1ncccc1Cl)NC(=O)c1cnn(C)c1N. The summed E-state index contributed by atoms with van der Waals surface area (Å²) in [5.74, 6) is 0.356. The maximum atomic E-state index is 12.4. The highest BCUT2D eigenvalue weighted by Gasteiger charge is 2.28. The summed E-state index contributed by atoms with van der Waals surface area (Å²) in [5.41, 5.74) is 5.57. The first kappa shape index (κ1) is 17.1. The minimum absolute atomic E-state index is 0.228. The molecule has 0 aliphatic carbocycles. The number of rotatable bonds is 6. The first-order chi connectivity index (χ1) is 10.9. The van der Waals surface area contributed by atoms with Crippen LogP contribution in [0.1, 0.15) is 30.6 Å². The molecule has 0 aromatic carbocycles. The topological polar surface area (TPSA) is 95.1 Å². The van der Waals surface area contributed by atoms with Gasteiger partial charge in [-0.25, -0.2) is 4.98 Å². The molecule has 1 amide bonds. The van der Waals surface area contributed by atoms with E-state index in [1.54, 1.807) is 25.4 Å². The van der Waals surface area contributed by atoms with Crippen LogP contribution >= 0.6 is 11.6 Å². The molecule has 0 fully saturated rings. The lowest BCUT2D eigenvalue weighted by Crippen LogP contribution is -2.50. The molecule has 1 atom stereocenters. The van der Waals surface area contributed by atoms with Gasteiger partial charge in [-0.05, 0) is 25.5 Å². The average molecular weight is 338 g/mol. The Balaban J connectivity index is 2.07. The molecule has 8 heteroatoms. The highest BCUT2D eigenvalue weighted by Crippen LogP contribution is 2.22. The molecule has 0 aliphatic rings. The summed E-state index contributed by atoms with van der Waals surface area (Å²) in [4.78, 5) is 16.5. The number of nitrogens with zero attached hydrogens (tertiary/aromatic N) is 3. The number of hydrogen-bond acceptors (Lipinski definition) is 5. The maximum absolute atomic E-state index is 12.4. The fourth-order valence-corrected chi connectivity index (χ4v) is 2.07. The molecule has 124 valence electrons. The molecule has 23 heavy (non-hydrogen) atoms. The van der Waals surface area contributed by atoms with Crippen LogP contribution in [0, 0.1) is 0 Å². The van der Waals surface area contributed by atoms with Gasteiger partial charge >= 0.3 is 0 Å². The smallest absolute Gasteiger partial charge is 0.257 e. The minimum Gasteiger partial charge on any atom is -0.474 e. The summed E-state index contributed by atoms with van der Waals surface area (Å²) in [5, 5.41) is 7.33. The minimum atomic E-state index is -0.597. The van der Waals surface area contributed by atoms with Crippen LogP contribution in [0.3, 0.4) is 0 Å². The molecule has 0 spiro atoms. The van der Waals surface area contributed by atoms with E-state index in [0.717, 1.165) is 0 Å². The molecule has 0 aliphatic heterocycles. The second-order valence-corrected chi connectivity index (χ2v) is 5.92. The molecule has 0 radical (unpaired) electrons. The third-order valence-electron chi connectivity index (χ3n) is 3.68. The predicted molar refractivity (Wildman–Crippen MR) is 88.5 cm³/mol. The zero-order valence-corrected chi connectivity index (χ0v) is 14.1. The van der Waals surface area contributed by atoms with Crippen LogP contribution in [0.25, 0.3) is 0 Å². The molecule has 0 saturated heterocycles. The number of ether oxygens (including phenoxy) is 1. The molecule has 2 aromatic heterocycles. The lowest BCUT2D eigenvalue weighted by atomic mass is 9.99. The van der Waals surface area contributed by atoms with Gasteiger partial charge in [0.05, 0.1) is 11.7 Å². The van der Waals surface area contributed by atoms with Crippen molar-refractivity contribution in [1.82, 2.24) is 20.1 Å². The molecule has 0 bridgehead atoms. The van der Waals surface area contributed by atoms with E-state index in [-0.39, 0.29) is 12.5 Å². The third kappa shape index (κ3) is 3.92. The Morgan fingerprint density at radius 1 is 1.57 bits per heavy atom. The van der Waals surface area contributed by atoms with Crippen molar-refractivity contribution in [2.24, 2.45) is 7.05 Å². The van der Waals surface area contributed by atoms with Gasteiger partial charge < -0.3 is 15.8 Å². The lowest BCUT2D eigenvalue weighted by Gasteiger charge is -2.29. The molecular weight excluding hydrogens is 318 g/mol. The summed E-state index contributed by atoms with van der Waals surface area (Å²) in [6.45, 7) is 4.07. The predicted octanol–water partition coefficient (Wildman–Crippen LogP) is 2.03. The number of hydrogen-bond donors (Lipinski definition) is 2. The van der Waals surface area contributed by atoms with Crippen LogP contribution in [-0.2, 0) is 7.05 Å². The molecule has 2 aromatic rings. The van der Waals surface area contributed by atoms with Crippen molar-refractivity contribution in [1.29, 1.82) is 0 Å². The van der Waals surface area contributed by atoms with Crippen LogP contribution in [0.15, 0.2) is 24.5 Å². The first-order valence-electron chi connectivity index (χ1n) is 7.19. The fraction of sp³-hybridized carbons (Fsp3) is 0.400. The number of nitrogens with one attached hydrogen (secondary N) is 1. The van der Waals surface area contributed by atoms with Crippen molar-refractivity contribution in [3.8, 4) is 5.88 Å². The number of pyridine rings is 1. The Bertz CT molecular complexity index is 703. The summed E-state index contributed by atoms with van der Waals surface area (Å²) >= 11 is 6.02. The van der Waals surface area contributed by atoms with Gasteiger partial charge in [-0.2, -0.15) is 5.10 Å². The van der Waals surface area contributed by atoms with E-state index in [2.05, 4.69) is 15.4 Å². The van der Waals surface area contributed by atoms with Crippen LogP contribution in [-0.4, -0.2) is 32.8 Å². The van der Waals surface area contributed by atoms with E-state index < -0.39 is 5.54 Å². The highest BCUT2D eigenvalue weighted by atomic mass is 35.5. The van der Waals surface area contributed by atoms with E-state index >= 15 is 0 Å². The molecule has 2 rings (SSSR count). The normalized spacial score (nSPS) is 13.4. The average Bonchev–Trinajstić information content (AvgIpc) is 2.86. The van der Waals surface area contributed by atoms with Crippen molar-refractivity contribution in [3.05, 3.63) is 35.1 Å². The zero-order valence-electron chi connectivity index (χ0n) is 13.3. The van der Waals surface area contributed by atoms with Gasteiger partial charge in [0, 0.05) is 13.2 Å². The Morgan fingerprint density at radius 3 is 2.87 bits per heavy atom. The van der Waals surface area contributed by atoms with Crippen LogP contribution in [0.4, 0.5) is 5.82 Å². The van der Waals surface area contributed by atoms with E-state index in [0.29, 0.717) is 28.7 Å². The second kappa shape index (κ2) is 6.87. The van der Waals surface area contributed by atoms with Crippen LogP contribution in [0.2, 0.25) is 5.02 Å². The van der Waals surface area contributed by atoms with Crippen molar-refractivity contribution in [2.45, 2.75) is 25.8 Å². The summed E-state index contributed by atoms with van der Waals surface area (Å²) in [6.07, 6.45) is 3.69. The number of nitrogen functional groups attached to an aromatic ring is 1. The third-order valence-corrected chi connectivity index (χ3v) is 3.96. The van der Waals surface area contributed by atoms with Crippen molar-refractivity contribution >= 4 is 23.3 Å². The molecule has 3 N–H and O–H groups in total. The molecule has 1 unspecified atom stereocenters. The van der Waals surface area contributed by atoms with Crippen molar-refractivity contribution in [2.75, 3.05) is 12.3 Å². The summed E-state index contributed by atoms with van der Waals surface area (Å²) in [7, 11) is 1.68. The Kier molecular flexibility index (Phi) is 5.10. The number of halogens is 1. The molecule has 7 nitrogen and oxygen atoms in total. The van der Waals surface area contributed by atoms with Gasteiger partial charge in [-0.3, -0.25) is 9.48 Å². The van der Waals surface area contributed by atoms with E-state index in [9.17, 15) is 4.79 Å². The number of nitrogens with two attached hydrogens (primary N) is 1. The monoisotopic (exact) mass is 337 g/mol. The molecular formula is C15H20ClN5O2. The number of aromatic nitrogens is 3. The van der Waals surface area contributed by atoms with E-state index in [4.69, 9.17) is 22.1 Å². The zero-order chi connectivity index (χ0) is 17.0. The number of carbonyl (C=O) groups is 1. The van der Waals surface area contributed by atoms with Gasteiger partial charge in [-0.1, -0.05) is 18.5 Å². The van der Waals surface area contributed by atoms with Gasteiger partial charge in [-0.15, -0.1) is 0 Å². The number of amides is 1. The van der Waals surface area contributed by atoms with Crippen molar-refractivity contribution in [3.63, 3.8) is 0 Å². The largest absolute Gasteiger partial charge is 0.474 e. The van der Waals surface area contributed by atoms with Crippen LogP contribution < -0.4 is 15.8 Å². The number of aryl methyl sites for hydroxylation is 1. The van der Waals surface area contributed by atoms with Crippen LogP contribution in [0.5, 0.6) is 5.88 Å². The molecule has 2 heterocycles. The summed E-state index contributed by atoms with van der Waals surface area (Å²) < 4.78 is 7.10. The summed E-state index contributed by atoms with van der Waals surface area (Å²) in [6, 6.07) is 3.42. The van der Waals surface area contributed by atoms with E-state index in [1.807, 2.05) is 13.8 Å². The quantitative estimate of drug-likeness (QED) is 0.841. The fourth-order valence-electron chi connectivity index (χ4n) is 1.89. The first-order valence-corrected chi connectivity index (χ1v) is 7.57. The van der Waals surface area contributed by atoms with E-state index in [1.165, 1.54) is 10.9 Å². The maximum Gasteiger partial charge on any atom is 0.257 e. The number of carbonyl (C=O) groups excluding carboxylic acids is 1. The van der Waals surface area contributed by atoms with Crippen molar-refractivity contribution < 1.29 is 9.53 Å². The second-order valence-electron chi connectivity index (χ2n) is 5.51. The van der Waals surface area contributed by atoms with Gasteiger partial charge in [0.25, 0.3) is 5.91 Å². The molecule has 0 saturated carbocycles. The lowest BCUT2D eigenvalue weighted by molar-refractivity contribution is 0.0860. The van der Waals surface area contributed by atoms with Gasteiger partial charge in [0.1, 0.15) is 23.0 Å². The Hall–Kier alpha value is -2.28. The number of anilines is 1. The highest BCUT2D eigenvalue weighted by molar-refractivity contribution is 6.31.